The minimum atomic E-state index is -0.0362. The second kappa shape index (κ2) is 8.31. The average Bonchev–Trinajstić information content (AvgIpc) is 2.59. The molecule has 126 valence electrons. The van der Waals surface area contributed by atoms with Gasteiger partial charge >= 0.3 is 0 Å². The summed E-state index contributed by atoms with van der Waals surface area (Å²) in [5.74, 6) is 0.179. The van der Waals surface area contributed by atoms with Crippen LogP contribution in [-0.2, 0) is 0 Å². The average molecular weight is 324 g/mol. The number of allylic oxidation sites excluding steroid dienone is 1. The van der Waals surface area contributed by atoms with Gasteiger partial charge in [0, 0.05) is 31.4 Å². The van der Waals surface area contributed by atoms with E-state index in [1.807, 2.05) is 45.4 Å². The third-order valence-electron chi connectivity index (χ3n) is 3.77. The van der Waals surface area contributed by atoms with Crippen LogP contribution in [0.25, 0.3) is 6.08 Å². The first kappa shape index (κ1) is 17.8. The zero-order chi connectivity index (χ0) is 17.5. The van der Waals surface area contributed by atoms with Crippen LogP contribution in [0.2, 0.25) is 0 Å². The molecule has 0 aliphatic carbocycles. The number of phenols is 1. The molecule has 0 fully saturated rings. The molecule has 2 aromatic rings. The van der Waals surface area contributed by atoms with Crippen molar-refractivity contribution in [2.24, 2.45) is 0 Å². The van der Waals surface area contributed by atoms with Gasteiger partial charge in [0.1, 0.15) is 5.75 Å². The van der Waals surface area contributed by atoms with Gasteiger partial charge < -0.3 is 14.9 Å². The molecule has 2 aromatic carbocycles. The molecule has 0 aromatic heterocycles. The van der Waals surface area contributed by atoms with Crippen LogP contribution in [-0.4, -0.2) is 50.0 Å². The van der Waals surface area contributed by atoms with E-state index < -0.39 is 0 Å². The highest BCUT2D eigenvalue weighted by molar-refractivity contribution is 6.07. The third kappa shape index (κ3) is 5.25. The fourth-order valence-corrected chi connectivity index (χ4v) is 2.23. The summed E-state index contributed by atoms with van der Waals surface area (Å²) in [5.41, 5.74) is 2.57. The number of carbonyl (C=O) groups is 1. The van der Waals surface area contributed by atoms with Crippen molar-refractivity contribution in [2.45, 2.75) is 0 Å². The number of aromatic hydroxyl groups is 1. The highest BCUT2D eigenvalue weighted by Gasteiger charge is 2.06. The standard InChI is InChI=1S/C20H24N2O2/c1-21(2)13-14-22(3)18-6-4-5-17(15-18)20(24)12-9-16-7-10-19(23)11-8-16/h4-12,15,23H,13-14H2,1-3H3/b12-9+. The summed E-state index contributed by atoms with van der Waals surface area (Å²) in [5, 5.41) is 9.27. The third-order valence-corrected chi connectivity index (χ3v) is 3.77. The van der Waals surface area contributed by atoms with Gasteiger partial charge in [-0.15, -0.1) is 0 Å². The molecule has 0 radical (unpaired) electrons. The lowest BCUT2D eigenvalue weighted by Crippen LogP contribution is -2.28. The summed E-state index contributed by atoms with van der Waals surface area (Å²) in [4.78, 5) is 16.6. The summed E-state index contributed by atoms with van der Waals surface area (Å²) in [6, 6.07) is 14.4. The van der Waals surface area contributed by atoms with Crippen molar-refractivity contribution in [3.63, 3.8) is 0 Å². The topological polar surface area (TPSA) is 43.8 Å². The summed E-state index contributed by atoms with van der Waals surface area (Å²) >= 11 is 0. The molecule has 0 atom stereocenters. The number of nitrogens with zero attached hydrogens (tertiary/aromatic N) is 2. The van der Waals surface area contributed by atoms with E-state index in [2.05, 4.69) is 9.80 Å². The molecular weight excluding hydrogens is 300 g/mol. The number of hydrogen-bond donors (Lipinski definition) is 1. The van der Waals surface area contributed by atoms with Gasteiger partial charge in [-0.25, -0.2) is 0 Å². The Labute approximate surface area is 143 Å². The summed E-state index contributed by atoms with van der Waals surface area (Å²) in [7, 11) is 6.11. The molecule has 0 aliphatic heterocycles. The molecule has 0 amide bonds. The van der Waals surface area contributed by atoms with Gasteiger partial charge in [-0.3, -0.25) is 4.79 Å². The Morgan fingerprint density at radius 2 is 1.75 bits per heavy atom. The van der Waals surface area contributed by atoms with E-state index in [4.69, 9.17) is 0 Å². The number of benzene rings is 2. The Morgan fingerprint density at radius 3 is 2.42 bits per heavy atom. The smallest absolute Gasteiger partial charge is 0.185 e. The van der Waals surface area contributed by atoms with Gasteiger partial charge in [-0.05, 0) is 50.0 Å². The lowest BCUT2D eigenvalue weighted by atomic mass is 10.1. The van der Waals surface area contributed by atoms with Gasteiger partial charge in [0.25, 0.3) is 0 Å². The summed E-state index contributed by atoms with van der Waals surface area (Å²) < 4.78 is 0. The van der Waals surface area contributed by atoms with Crippen molar-refractivity contribution in [1.82, 2.24) is 4.90 Å². The van der Waals surface area contributed by atoms with Gasteiger partial charge in [-0.2, -0.15) is 0 Å². The van der Waals surface area contributed by atoms with Crippen LogP contribution in [0.3, 0.4) is 0 Å². The number of likely N-dealkylation sites (N-methyl/N-ethyl adjacent to an activating group) is 2. The molecule has 4 heteroatoms. The largest absolute Gasteiger partial charge is 0.508 e. The Kier molecular flexibility index (Phi) is 6.15. The van der Waals surface area contributed by atoms with Crippen molar-refractivity contribution in [2.75, 3.05) is 39.1 Å². The van der Waals surface area contributed by atoms with Crippen molar-refractivity contribution < 1.29 is 9.90 Å². The normalized spacial score (nSPS) is 11.2. The first-order valence-electron chi connectivity index (χ1n) is 7.93. The molecule has 4 nitrogen and oxygen atoms in total. The lowest BCUT2D eigenvalue weighted by molar-refractivity contribution is 0.104. The van der Waals surface area contributed by atoms with E-state index in [9.17, 15) is 9.90 Å². The first-order valence-corrected chi connectivity index (χ1v) is 7.93. The molecular formula is C20H24N2O2. The van der Waals surface area contributed by atoms with Crippen LogP contribution >= 0.6 is 0 Å². The van der Waals surface area contributed by atoms with E-state index in [0.717, 1.165) is 24.3 Å². The van der Waals surface area contributed by atoms with Crippen LogP contribution in [0.5, 0.6) is 5.75 Å². The molecule has 0 aliphatic rings. The van der Waals surface area contributed by atoms with E-state index in [1.165, 1.54) is 0 Å². The predicted octanol–water partition coefficient (Wildman–Crippen LogP) is 3.29. The highest BCUT2D eigenvalue weighted by atomic mass is 16.3. The molecule has 1 N–H and O–H groups in total. The second-order valence-corrected chi connectivity index (χ2v) is 6.06. The number of anilines is 1. The number of carbonyl (C=O) groups excluding carboxylic acids is 1. The minimum absolute atomic E-state index is 0.0362. The van der Waals surface area contributed by atoms with Crippen LogP contribution in [0, 0.1) is 0 Å². The number of phenolic OH excluding ortho intramolecular Hbond substituents is 1. The SMILES string of the molecule is CN(C)CCN(C)c1cccc(C(=O)/C=C/c2ccc(O)cc2)c1. The van der Waals surface area contributed by atoms with Crippen molar-refractivity contribution >= 4 is 17.5 Å². The van der Waals surface area contributed by atoms with E-state index in [-0.39, 0.29) is 11.5 Å². The predicted molar refractivity (Wildman–Crippen MR) is 99.7 cm³/mol. The van der Waals surface area contributed by atoms with Gasteiger partial charge in [0.15, 0.2) is 5.78 Å². The van der Waals surface area contributed by atoms with Crippen LogP contribution in [0.1, 0.15) is 15.9 Å². The van der Waals surface area contributed by atoms with Crippen LogP contribution < -0.4 is 4.90 Å². The van der Waals surface area contributed by atoms with Crippen molar-refractivity contribution in [3.8, 4) is 5.75 Å². The quantitative estimate of drug-likeness (QED) is 0.627. The Balaban J connectivity index is 2.07. The van der Waals surface area contributed by atoms with Crippen LogP contribution in [0.15, 0.2) is 54.6 Å². The zero-order valence-corrected chi connectivity index (χ0v) is 14.4. The molecule has 0 heterocycles. The van der Waals surface area contributed by atoms with Gasteiger partial charge in [-0.1, -0.05) is 30.3 Å². The molecule has 2 rings (SSSR count). The molecule has 0 saturated carbocycles. The van der Waals surface area contributed by atoms with Gasteiger partial charge in [0.05, 0.1) is 0 Å². The molecule has 0 saturated heterocycles. The fraction of sp³-hybridized carbons (Fsp3) is 0.250. The Hall–Kier alpha value is -2.59. The van der Waals surface area contributed by atoms with Crippen molar-refractivity contribution in [1.29, 1.82) is 0 Å². The maximum absolute atomic E-state index is 12.4. The minimum Gasteiger partial charge on any atom is -0.508 e. The molecule has 24 heavy (non-hydrogen) atoms. The van der Waals surface area contributed by atoms with E-state index in [0.29, 0.717) is 5.56 Å². The number of ketones is 1. The maximum Gasteiger partial charge on any atom is 0.185 e. The molecule has 0 bridgehead atoms. The molecule has 0 spiro atoms. The summed E-state index contributed by atoms with van der Waals surface area (Å²) in [6.45, 7) is 1.85. The van der Waals surface area contributed by atoms with Crippen molar-refractivity contribution in [3.05, 3.63) is 65.7 Å². The Morgan fingerprint density at radius 1 is 1.04 bits per heavy atom. The van der Waals surface area contributed by atoms with Crippen LogP contribution in [0.4, 0.5) is 5.69 Å². The summed E-state index contributed by atoms with van der Waals surface area (Å²) in [6.07, 6.45) is 3.31. The Bertz CT molecular complexity index is 706. The number of hydrogen-bond acceptors (Lipinski definition) is 4. The molecule has 0 unspecified atom stereocenters. The zero-order valence-electron chi connectivity index (χ0n) is 14.4. The monoisotopic (exact) mass is 324 g/mol. The van der Waals surface area contributed by atoms with Gasteiger partial charge in [0.2, 0.25) is 0 Å². The van der Waals surface area contributed by atoms with E-state index >= 15 is 0 Å². The first-order chi connectivity index (χ1) is 11.5. The van der Waals surface area contributed by atoms with E-state index in [1.54, 1.807) is 36.4 Å². The number of rotatable bonds is 7. The maximum atomic E-state index is 12.4. The second-order valence-electron chi connectivity index (χ2n) is 6.06. The fourth-order valence-electron chi connectivity index (χ4n) is 2.23. The lowest BCUT2D eigenvalue weighted by Gasteiger charge is -2.21. The highest BCUT2D eigenvalue weighted by Crippen LogP contribution is 2.16.